The van der Waals surface area contributed by atoms with Gasteiger partial charge in [0.25, 0.3) is 0 Å². The van der Waals surface area contributed by atoms with Crippen LogP contribution in [0.4, 0.5) is 0 Å². The molecule has 29 heavy (non-hydrogen) atoms. The highest BCUT2D eigenvalue weighted by Crippen LogP contribution is 2.42. The number of fused-ring (bicyclic) bond motifs is 1. The summed E-state index contributed by atoms with van der Waals surface area (Å²) in [7, 11) is 0. The molecule has 1 unspecified atom stereocenters. The summed E-state index contributed by atoms with van der Waals surface area (Å²) in [5, 5.41) is 14.0. The molecule has 3 rings (SSSR count). The van der Waals surface area contributed by atoms with E-state index in [2.05, 4.69) is 105 Å². The molecule has 0 radical (unpaired) electrons. The molecular weight excluding hydrogens is 354 g/mol. The minimum Gasteiger partial charge on any atom is -0.388 e. The van der Waals surface area contributed by atoms with Crippen molar-refractivity contribution in [1.82, 2.24) is 4.90 Å². The van der Waals surface area contributed by atoms with Gasteiger partial charge in [0.05, 0.1) is 6.10 Å². The maximum Gasteiger partial charge on any atom is 0.0858 e. The van der Waals surface area contributed by atoms with Crippen LogP contribution in [-0.4, -0.2) is 22.6 Å². The molecule has 0 bridgehead atoms. The molecule has 3 aromatic rings. The van der Waals surface area contributed by atoms with Crippen molar-refractivity contribution >= 4 is 10.8 Å². The summed E-state index contributed by atoms with van der Waals surface area (Å²) in [5.41, 5.74) is 2.17. The molecule has 0 fully saturated rings. The van der Waals surface area contributed by atoms with E-state index in [0.29, 0.717) is 6.04 Å². The number of hydrogen-bond acceptors (Lipinski definition) is 2. The van der Waals surface area contributed by atoms with Crippen LogP contribution in [0, 0.1) is 5.41 Å². The first-order chi connectivity index (χ1) is 14.0. The van der Waals surface area contributed by atoms with Gasteiger partial charge in [0.2, 0.25) is 0 Å². The predicted octanol–water partition coefficient (Wildman–Crippen LogP) is 6.59. The molecule has 1 atom stereocenters. The molecule has 154 valence electrons. The second kappa shape index (κ2) is 9.56. The third-order valence-corrected chi connectivity index (χ3v) is 6.55. The Balaban J connectivity index is 1.89. The van der Waals surface area contributed by atoms with Gasteiger partial charge in [0, 0.05) is 24.5 Å². The SMILES string of the molecule is CCC(CC)(CN(Cc1ccccc1)C(C)C)C(O)c1ccc2ccccc2c1. The zero-order chi connectivity index (χ0) is 20.9. The molecule has 0 aliphatic heterocycles. The van der Waals surface area contributed by atoms with Crippen LogP contribution in [-0.2, 0) is 6.54 Å². The monoisotopic (exact) mass is 389 g/mol. The molecule has 2 heteroatoms. The number of hydrogen-bond donors (Lipinski definition) is 1. The Kier molecular flexibility index (Phi) is 7.10. The maximum absolute atomic E-state index is 11.6. The molecular formula is C27H35NO. The fourth-order valence-electron chi connectivity index (χ4n) is 4.32. The molecule has 0 amide bonds. The number of aliphatic hydroxyl groups excluding tert-OH is 1. The minimum atomic E-state index is -0.487. The van der Waals surface area contributed by atoms with Crippen LogP contribution < -0.4 is 0 Å². The molecule has 0 aromatic heterocycles. The van der Waals surface area contributed by atoms with Gasteiger partial charge in [-0.3, -0.25) is 4.90 Å². The summed E-state index contributed by atoms with van der Waals surface area (Å²) in [5.74, 6) is 0. The van der Waals surface area contributed by atoms with Crippen LogP contribution >= 0.6 is 0 Å². The molecule has 0 aliphatic rings. The van der Waals surface area contributed by atoms with Gasteiger partial charge in [-0.1, -0.05) is 80.6 Å². The summed E-state index contributed by atoms with van der Waals surface area (Å²) >= 11 is 0. The van der Waals surface area contributed by atoms with E-state index in [1.807, 2.05) is 0 Å². The average molecular weight is 390 g/mol. The van der Waals surface area contributed by atoms with Crippen LogP contribution in [0.25, 0.3) is 10.8 Å². The van der Waals surface area contributed by atoms with Crippen LogP contribution in [0.2, 0.25) is 0 Å². The van der Waals surface area contributed by atoms with Crippen LogP contribution in [0.15, 0.2) is 72.8 Å². The van der Waals surface area contributed by atoms with Crippen molar-refractivity contribution in [1.29, 1.82) is 0 Å². The van der Waals surface area contributed by atoms with Gasteiger partial charge in [-0.15, -0.1) is 0 Å². The van der Waals surface area contributed by atoms with Crippen molar-refractivity contribution in [2.24, 2.45) is 5.41 Å². The Hall–Kier alpha value is -2.16. The zero-order valence-corrected chi connectivity index (χ0v) is 18.3. The van der Waals surface area contributed by atoms with E-state index < -0.39 is 6.10 Å². The lowest BCUT2D eigenvalue weighted by atomic mass is 9.73. The fourth-order valence-corrected chi connectivity index (χ4v) is 4.32. The van der Waals surface area contributed by atoms with Crippen molar-refractivity contribution in [3.63, 3.8) is 0 Å². The zero-order valence-electron chi connectivity index (χ0n) is 18.3. The molecule has 0 saturated carbocycles. The van der Waals surface area contributed by atoms with Crippen LogP contribution in [0.3, 0.4) is 0 Å². The number of rotatable bonds is 9. The Labute approximate surface area is 176 Å². The van der Waals surface area contributed by atoms with Crippen molar-refractivity contribution in [3.8, 4) is 0 Å². The second-order valence-electron chi connectivity index (χ2n) is 8.56. The third kappa shape index (κ3) is 4.88. The number of nitrogens with zero attached hydrogens (tertiary/aromatic N) is 1. The Bertz CT molecular complexity index is 899. The molecule has 1 N–H and O–H groups in total. The second-order valence-corrected chi connectivity index (χ2v) is 8.56. The van der Waals surface area contributed by atoms with Gasteiger partial charge in [0.15, 0.2) is 0 Å². The lowest BCUT2D eigenvalue weighted by Gasteiger charge is -2.42. The molecule has 2 nitrogen and oxygen atoms in total. The van der Waals surface area contributed by atoms with E-state index in [1.54, 1.807) is 0 Å². The lowest BCUT2D eigenvalue weighted by Crippen LogP contribution is -2.43. The molecule has 0 aliphatic carbocycles. The predicted molar refractivity (Wildman–Crippen MR) is 124 cm³/mol. The quantitative estimate of drug-likeness (QED) is 0.446. The van der Waals surface area contributed by atoms with Crippen LogP contribution in [0.5, 0.6) is 0 Å². The van der Waals surface area contributed by atoms with E-state index in [-0.39, 0.29) is 5.41 Å². The van der Waals surface area contributed by atoms with E-state index in [1.165, 1.54) is 16.3 Å². The summed E-state index contributed by atoms with van der Waals surface area (Å²) in [6, 6.07) is 25.8. The van der Waals surface area contributed by atoms with E-state index in [4.69, 9.17) is 0 Å². The highest BCUT2D eigenvalue weighted by Gasteiger charge is 2.38. The number of aliphatic hydroxyl groups is 1. The smallest absolute Gasteiger partial charge is 0.0858 e. The molecule has 0 saturated heterocycles. The summed E-state index contributed by atoms with van der Waals surface area (Å²) in [6.07, 6.45) is 1.39. The lowest BCUT2D eigenvalue weighted by molar-refractivity contribution is -0.0202. The first-order valence-electron chi connectivity index (χ1n) is 10.9. The average Bonchev–Trinajstić information content (AvgIpc) is 2.76. The van der Waals surface area contributed by atoms with E-state index in [0.717, 1.165) is 31.5 Å². The standard InChI is InChI=1S/C27H35NO/c1-5-27(6-2,20-28(21(3)4)19-22-12-8-7-9-13-22)26(29)25-17-16-23-14-10-11-15-24(23)18-25/h7-18,21,26,29H,5-6,19-20H2,1-4H3. The fraction of sp³-hybridized carbons (Fsp3) is 0.407. The van der Waals surface area contributed by atoms with Gasteiger partial charge in [0.1, 0.15) is 0 Å². The largest absolute Gasteiger partial charge is 0.388 e. The first kappa shape index (κ1) is 21.5. The van der Waals surface area contributed by atoms with Crippen LogP contribution in [0.1, 0.15) is 57.8 Å². The highest BCUT2D eigenvalue weighted by atomic mass is 16.3. The topological polar surface area (TPSA) is 23.5 Å². The van der Waals surface area contributed by atoms with Gasteiger partial charge < -0.3 is 5.11 Å². The Morgan fingerprint density at radius 3 is 2.07 bits per heavy atom. The van der Waals surface area contributed by atoms with Crippen molar-refractivity contribution in [3.05, 3.63) is 83.9 Å². The summed E-state index contributed by atoms with van der Waals surface area (Å²) in [6.45, 7) is 10.7. The highest BCUT2D eigenvalue weighted by molar-refractivity contribution is 5.83. The normalized spacial score (nSPS) is 13.3. The number of benzene rings is 3. The summed E-state index contributed by atoms with van der Waals surface area (Å²) in [4.78, 5) is 2.51. The van der Waals surface area contributed by atoms with Gasteiger partial charge in [-0.25, -0.2) is 0 Å². The minimum absolute atomic E-state index is 0.179. The molecule has 0 heterocycles. The summed E-state index contributed by atoms with van der Waals surface area (Å²) < 4.78 is 0. The van der Waals surface area contributed by atoms with E-state index in [9.17, 15) is 5.11 Å². The molecule has 0 spiro atoms. The van der Waals surface area contributed by atoms with Gasteiger partial charge in [-0.2, -0.15) is 0 Å². The van der Waals surface area contributed by atoms with Gasteiger partial charge in [-0.05, 0) is 54.7 Å². The van der Waals surface area contributed by atoms with Gasteiger partial charge >= 0.3 is 0 Å². The Morgan fingerprint density at radius 1 is 0.828 bits per heavy atom. The maximum atomic E-state index is 11.6. The van der Waals surface area contributed by atoms with Crippen molar-refractivity contribution in [2.45, 2.75) is 59.2 Å². The van der Waals surface area contributed by atoms with Crippen molar-refractivity contribution < 1.29 is 5.11 Å². The van der Waals surface area contributed by atoms with Crippen molar-refractivity contribution in [2.75, 3.05) is 6.54 Å². The first-order valence-corrected chi connectivity index (χ1v) is 10.9. The third-order valence-electron chi connectivity index (χ3n) is 6.55. The van der Waals surface area contributed by atoms with E-state index >= 15 is 0 Å². The Morgan fingerprint density at radius 2 is 1.45 bits per heavy atom. The molecule has 3 aromatic carbocycles.